The second kappa shape index (κ2) is 14.6. The number of anilines is 1. The maximum atomic E-state index is 12.4. The minimum atomic E-state index is -1.31. The maximum Gasteiger partial charge on any atom is 0.268 e. The molecular weight excluding hydrogens is 502 g/mol. The van der Waals surface area contributed by atoms with E-state index in [1.54, 1.807) is 36.4 Å². The van der Waals surface area contributed by atoms with Gasteiger partial charge in [0, 0.05) is 28.3 Å². The van der Waals surface area contributed by atoms with Gasteiger partial charge in [-0.25, -0.2) is 5.48 Å². The second-order valence-corrected chi connectivity index (χ2v) is 9.07. The fourth-order valence-corrected chi connectivity index (χ4v) is 3.96. The van der Waals surface area contributed by atoms with E-state index in [4.69, 9.17) is 10.9 Å². The first-order chi connectivity index (χ1) is 18.2. The molecule has 7 N–H and O–H groups in total. The number of nitrogens with zero attached hydrogens (tertiary/aromatic N) is 1. The van der Waals surface area contributed by atoms with Gasteiger partial charge >= 0.3 is 0 Å². The summed E-state index contributed by atoms with van der Waals surface area (Å²) in [6.45, 7) is 2.88. The van der Waals surface area contributed by atoms with Gasteiger partial charge in [0.05, 0.1) is 12.6 Å². The zero-order valence-electron chi connectivity index (χ0n) is 20.9. The van der Waals surface area contributed by atoms with Crippen LogP contribution in [-0.2, 0) is 14.4 Å². The Balaban J connectivity index is 0.00000533. The quantitative estimate of drug-likeness (QED) is 0.164. The molecule has 2 atom stereocenters. The highest BCUT2D eigenvalue weighted by atomic mass is 16.5. The van der Waals surface area contributed by atoms with Gasteiger partial charge in [-0.2, -0.15) is 0 Å². The molecular formula is C28H35N5O6. The molecule has 11 heteroatoms. The van der Waals surface area contributed by atoms with Crippen molar-refractivity contribution >= 4 is 29.3 Å². The van der Waals surface area contributed by atoms with Gasteiger partial charge in [-0.1, -0.05) is 19.3 Å². The molecule has 0 radical (unpaired) electrons. The fraction of sp³-hybridized carbons (Fsp3) is 0.357. The molecule has 1 heterocycles. The van der Waals surface area contributed by atoms with Crippen molar-refractivity contribution in [2.45, 2.75) is 39.3 Å². The minimum Gasteiger partial charge on any atom is -0.391 e. The van der Waals surface area contributed by atoms with Gasteiger partial charge in [0.25, 0.3) is 11.8 Å². The zero-order valence-corrected chi connectivity index (χ0v) is 20.9. The molecule has 1 fully saturated rings. The lowest BCUT2D eigenvalue weighted by molar-refractivity contribution is -0.133. The van der Waals surface area contributed by atoms with E-state index in [1.807, 2.05) is 4.90 Å². The Morgan fingerprint density at radius 2 is 1.54 bits per heavy atom. The summed E-state index contributed by atoms with van der Waals surface area (Å²) in [5.74, 6) is 3.96. The molecule has 0 aromatic heterocycles. The van der Waals surface area contributed by atoms with Crippen LogP contribution in [0, 0.1) is 17.8 Å². The summed E-state index contributed by atoms with van der Waals surface area (Å²) >= 11 is 0. The highest BCUT2D eigenvalue weighted by Gasteiger charge is 2.26. The smallest absolute Gasteiger partial charge is 0.268 e. The Hall–Kier alpha value is -4.24. The molecule has 1 saturated heterocycles. The largest absolute Gasteiger partial charge is 0.391 e. The van der Waals surface area contributed by atoms with Gasteiger partial charge in [0.1, 0.15) is 6.04 Å². The van der Waals surface area contributed by atoms with E-state index in [1.165, 1.54) is 24.5 Å². The predicted octanol–water partition coefficient (Wildman–Crippen LogP) is 0.843. The number of amides is 4. The van der Waals surface area contributed by atoms with Gasteiger partial charge in [-0.05, 0) is 81.4 Å². The summed E-state index contributed by atoms with van der Waals surface area (Å²) in [5, 5.41) is 23.6. The number of carbonyl (C=O) groups is 4. The van der Waals surface area contributed by atoms with Crippen molar-refractivity contribution in [2.75, 3.05) is 25.0 Å². The molecule has 11 nitrogen and oxygen atoms in total. The van der Waals surface area contributed by atoms with Crippen molar-refractivity contribution in [1.29, 1.82) is 0 Å². The summed E-state index contributed by atoms with van der Waals surface area (Å²) in [6, 6.07) is 12.1. The molecule has 2 aromatic rings. The Bertz CT molecular complexity index is 1210. The van der Waals surface area contributed by atoms with Crippen LogP contribution in [-0.4, -0.2) is 70.6 Å². The second-order valence-electron chi connectivity index (χ2n) is 9.07. The highest BCUT2D eigenvalue weighted by molar-refractivity contribution is 5.97. The summed E-state index contributed by atoms with van der Waals surface area (Å²) in [6.07, 6.45) is 0.125. The molecule has 208 valence electrons. The van der Waals surface area contributed by atoms with Crippen LogP contribution in [0.1, 0.15) is 48.7 Å². The molecule has 4 amide bonds. The van der Waals surface area contributed by atoms with Crippen molar-refractivity contribution in [1.82, 2.24) is 15.7 Å². The van der Waals surface area contributed by atoms with Crippen LogP contribution in [0.3, 0.4) is 0 Å². The van der Waals surface area contributed by atoms with E-state index in [9.17, 15) is 24.3 Å². The lowest BCUT2D eigenvalue weighted by Crippen LogP contribution is -2.51. The third-order valence-corrected chi connectivity index (χ3v) is 6.19. The number of likely N-dealkylation sites (tertiary alicyclic amines) is 1. The van der Waals surface area contributed by atoms with Crippen LogP contribution in [0.25, 0.3) is 0 Å². The van der Waals surface area contributed by atoms with Crippen molar-refractivity contribution in [3.05, 3.63) is 65.2 Å². The monoisotopic (exact) mass is 537 g/mol. The van der Waals surface area contributed by atoms with E-state index < -0.39 is 24.0 Å². The molecule has 0 aliphatic carbocycles. The van der Waals surface area contributed by atoms with Crippen molar-refractivity contribution in [2.24, 2.45) is 11.7 Å². The van der Waals surface area contributed by atoms with Gasteiger partial charge in [0.15, 0.2) is 0 Å². The number of aliphatic hydroxyl groups excluding tert-OH is 1. The number of piperidine rings is 1. The third kappa shape index (κ3) is 9.22. The normalized spacial score (nSPS) is 14.9. The van der Waals surface area contributed by atoms with E-state index in [0.717, 1.165) is 5.56 Å². The van der Waals surface area contributed by atoms with Crippen LogP contribution in [0.4, 0.5) is 5.69 Å². The standard InChI is InChI=1S/C27H31N5O6.CH4/c1-17(33)24(27(37)31-38)30-26(36)21-8-4-18(5-9-21)2-3-19-6-10-22(11-7-19)29-23(34)16-32-14-12-20(13-15-32)25(28)35;/h4-11,17,20,24,33,38H,12-16H2,1H3,(H2,28,35)(H,29,34)(H,30,36)(H,31,37);1H4/t17-,24+;/m1./s1. The van der Waals surface area contributed by atoms with E-state index in [-0.39, 0.29) is 37.3 Å². The van der Waals surface area contributed by atoms with Crippen molar-refractivity contribution in [3.8, 4) is 11.8 Å². The molecule has 39 heavy (non-hydrogen) atoms. The Morgan fingerprint density at radius 3 is 2.03 bits per heavy atom. The molecule has 0 spiro atoms. The maximum absolute atomic E-state index is 12.4. The average molecular weight is 538 g/mol. The first-order valence-electron chi connectivity index (χ1n) is 12.1. The lowest BCUT2D eigenvalue weighted by Gasteiger charge is -2.29. The number of aliphatic hydroxyl groups is 1. The summed E-state index contributed by atoms with van der Waals surface area (Å²) in [4.78, 5) is 49.6. The van der Waals surface area contributed by atoms with Gasteiger partial charge < -0.3 is 21.5 Å². The Labute approximate surface area is 227 Å². The first kappa shape index (κ1) is 31.0. The molecule has 2 aromatic carbocycles. The van der Waals surface area contributed by atoms with Crippen LogP contribution >= 0.6 is 0 Å². The number of primary amides is 1. The van der Waals surface area contributed by atoms with Gasteiger partial charge in [-0.3, -0.25) is 29.3 Å². The van der Waals surface area contributed by atoms with Crippen molar-refractivity contribution < 1.29 is 29.5 Å². The number of benzene rings is 2. The number of hydrogen-bond acceptors (Lipinski definition) is 7. The van der Waals surface area contributed by atoms with Crippen molar-refractivity contribution in [3.63, 3.8) is 0 Å². The molecule has 1 aliphatic heterocycles. The van der Waals surface area contributed by atoms with E-state index >= 15 is 0 Å². The molecule has 0 unspecified atom stereocenters. The van der Waals surface area contributed by atoms with E-state index in [2.05, 4.69) is 22.5 Å². The highest BCUT2D eigenvalue weighted by Crippen LogP contribution is 2.17. The predicted molar refractivity (Wildman–Crippen MR) is 145 cm³/mol. The van der Waals surface area contributed by atoms with Crippen LogP contribution in [0.15, 0.2) is 48.5 Å². The topological polar surface area (TPSA) is 174 Å². The Morgan fingerprint density at radius 1 is 1.00 bits per heavy atom. The zero-order chi connectivity index (χ0) is 27.7. The molecule has 3 rings (SSSR count). The Kier molecular flexibility index (Phi) is 11.6. The number of hydroxylamine groups is 1. The number of nitrogens with two attached hydrogens (primary N) is 1. The fourth-order valence-electron chi connectivity index (χ4n) is 3.96. The van der Waals surface area contributed by atoms with Gasteiger partial charge in [-0.15, -0.1) is 0 Å². The lowest BCUT2D eigenvalue weighted by atomic mass is 9.96. The number of nitrogens with one attached hydrogen (secondary N) is 3. The molecule has 0 bridgehead atoms. The minimum absolute atomic E-state index is 0. The number of carbonyl (C=O) groups excluding carboxylic acids is 4. The van der Waals surface area contributed by atoms with Gasteiger partial charge in [0.2, 0.25) is 11.8 Å². The SMILES string of the molecule is C.C[C@@H](O)[C@H](NC(=O)c1ccc(C#Cc2ccc(NC(=O)CN3CCC(C(N)=O)CC3)cc2)cc1)C(=O)NO. The molecule has 1 aliphatic rings. The summed E-state index contributed by atoms with van der Waals surface area (Å²) < 4.78 is 0. The van der Waals surface area contributed by atoms with Crippen LogP contribution in [0.5, 0.6) is 0 Å². The summed E-state index contributed by atoms with van der Waals surface area (Å²) in [7, 11) is 0. The van der Waals surface area contributed by atoms with E-state index in [0.29, 0.717) is 37.2 Å². The molecule has 0 saturated carbocycles. The number of hydrogen-bond donors (Lipinski definition) is 6. The average Bonchev–Trinajstić information content (AvgIpc) is 2.91. The first-order valence-corrected chi connectivity index (χ1v) is 12.1. The van der Waals surface area contributed by atoms with Crippen LogP contribution < -0.4 is 21.8 Å². The number of rotatable bonds is 8. The summed E-state index contributed by atoms with van der Waals surface area (Å²) in [5.41, 5.74) is 9.04. The third-order valence-electron chi connectivity index (χ3n) is 6.19. The van der Waals surface area contributed by atoms with Crippen LogP contribution in [0.2, 0.25) is 0 Å².